The summed E-state index contributed by atoms with van der Waals surface area (Å²) in [5.41, 5.74) is 3.13. The van der Waals surface area contributed by atoms with Gasteiger partial charge in [-0.3, -0.25) is 0 Å². The monoisotopic (exact) mass is 436 g/mol. The minimum atomic E-state index is -4.23. The highest BCUT2D eigenvalue weighted by Crippen LogP contribution is 2.25. The Balaban J connectivity index is 1.91. The predicted octanol–water partition coefficient (Wildman–Crippen LogP) is 4.01. The van der Waals surface area contributed by atoms with E-state index in [1.165, 1.54) is 0 Å². The lowest BCUT2D eigenvalue weighted by atomic mass is 10.2. The number of nitrogens with zero attached hydrogens (tertiary/aromatic N) is 2. The van der Waals surface area contributed by atoms with Gasteiger partial charge in [0.15, 0.2) is 6.54 Å². The van der Waals surface area contributed by atoms with Crippen LogP contribution in [0.3, 0.4) is 0 Å². The SMILES string of the molecule is CN(C)c1ccc(/C=C/c2sc3ccc(Cl)cc3[n+]2CCCS(=O)(=O)[O-])cc1. The van der Waals surface area contributed by atoms with E-state index < -0.39 is 10.1 Å². The normalized spacial score (nSPS) is 12.1. The van der Waals surface area contributed by atoms with E-state index in [0.29, 0.717) is 11.6 Å². The van der Waals surface area contributed by atoms with Gasteiger partial charge in [0.2, 0.25) is 5.52 Å². The highest BCUT2D eigenvalue weighted by atomic mass is 35.5. The molecule has 0 aliphatic carbocycles. The molecule has 1 aromatic heterocycles. The second kappa shape index (κ2) is 8.61. The summed E-state index contributed by atoms with van der Waals surface area (Å²) in [5.74, 6) is -0.382. The summed E-state index contributed by atoms with van der Waals surface area (Å²) in [6.45, 7) is 0.432. The van der Waals surface area contributed by atoms with Gasteiger partial charge >= 0.3 is 0 Å². The predicted molar refractivity (Wildman–Crippen MR) is 116 cm³/mol. The number of hydrogen-bond acceptors (Lipinski definition) is 5. The van der Waals surface area contributed by atoms with Gasteiger partial charge < -0.3 is 9.45 Å². The average Bonchev–Trinajstić information content (AvgIpc) is 2.96. The Morgan fingerprint density at radius 3 is 2.50 bits per heavy atom. The van der Waals surface area contributed by atoms with E-state index in [9.17, 15) is 13.0 Å². The Bertz CT molecular complexity index is 1100. The molecule has 3 rings (SSSR count). The van der Waals surface area contributed by atoms with E-state index in [2.05, 4.69) is 12.1 Å². The van der Waals surface area contributed by atoms with Gasteiger partial charge in [-0.2, -0.15) is 4.57 Å². The largest absolute Gasteiger partial charge is 0.748 e. The lowest BCUT2D eigenvalue weighted by molar-refractivity contribution is -0.668. The van der Waals surface area contributed by atoms with Gasteiger partial charge in [-0.05, 0) is 35.9 Å². The van der Waals surface area contributed by atoms with E-state index in [1.807, 2.05) is 66.0 Å². The third-order valence-corrected chi connectivity index (χ3v) is 6.45. The fraction of sp³-hybridized carbons (Fsp3) is 0.250. The molecule has 0 bridgehead atoms. The minimum absolute atomic E-state index is 0.257. The smallest absolute Gasteiger partial charge is 0.262 e. The van der Waals surface area contributed by atoms with Gasteiger partial charge in [0.25, 0.3) is 5.01 Å². The van der Waals surface area contributed by atoms with Gasteiger partial charge in [-0.25, -0.2) is 8.42 Å². The van der Waals surface area contributed by atoms with Crippen molar-refractivity contribution in [3.05, 3.63) is 58.1 Å². The molecule has 148 valence electrons. The maximum atomic E-state index is 10.9. The van der Waals surface area contributed by atoms with E-state index >= 15 is 0 Å². The van der Waals surface area contributed by atoms with Crippen molar-refractivity contribution in [3.63, 3.8) is 0 Å². The van der Waals surface area contributed by atoms with E-state index in [1.54, 1.807) is 11.3 Å². The van der Waals surface area contributed by atoms with Crippen molar-refractivity contribution in [2.45, 2.75) is 13.0 Å². The maximum absolute atomic E-state index is 10.9. The molecule has 0 aliphatic heterocycles. The number of hydrogen-bond donors (Lipinski definition) is 0. The zero-order valence-electron chi connectivity index (χ0n) is 15.6. The lowest BCUT2D eigenvalue weighted by Gasteiger charge is -2.11. The van der Waals surface area contributed by atoms with Crippen molar-refractivity contribution >= 4 is 61.1 Å². The molecule has 28 heavy (non-hydrogen) atoms. The van der Waals surface area contributed by atoms with Gasteiger partial charge in [0.1, 0.15) is 4.70 Å². The van der Waals surface area contributed by atoms with Crippen molar-refractivity contribution in [1.82, 2.24) is 0 Å². The molecule has 0 unspecified atom stereocenters. The van der Waals surface area contributed by atoms with Crippen LogP contribution >= 0.6 is 22.9 Å². The Labute approximate surface area is 174 Å². The molecule has 0 atom stereocenters. The quantitative estimate of drug-likeness (QED) is 0.414. The highest BCUT2D eigenvalue weighted by Gasteiger charge is 2.19. The standard InChI is InChI=1S/C20H21ClN2O3S2/c1-22(2)17-8-4-15(5-9-17)6-11-20-23(12-3-13-28(24,25)26)18-14-16(21)7-10-19(18)27-20/h4-11,14H,3,12-13H2,1-2H3. The Hall–Kier alpha value is -1.93. The summed E-state index contributed by atoms with van der Waals surface area (Å²) in [4.78, 5) is 2.04. The molecule has 0 saturated carbocycles. The molecule has 0 amide bonds. The van der Waals surface area contributed by atoms with Crippen LogP contribution in [-0.2, 0) is 16.7 Å². The van der Waals surface area contributed by atoms with Crippen LogP contribution in [0.15, 0.2) is 42.5 Å². The minimum Gasteiger partial charge on any atom is -0.748 e. The number of fused-ring (bicyclic) bond motifs is 1. The summed E-state index contributed by atoms with van der Waals surface area (Å²) in [7, 11) is -0.230. The summed E-state index contributed by atoms with van der Waals surface area (Å²) in [6, 6.07) is 13.8. The Kier molecular flexibility index (Phi) is 6.40. The van der Waals surface area contributed by atoms with Crippen LogP contribution < -0.4 is 9.47 Å². The Morgan fingerprint density at radius 2 is 1.86 bits per heavy atom. The molecule has 0 spiro atoms. The fourth-order valence-corrected chi connectivity index (χ4v) is 4.60. The zero-order valence-corrected chi connectivity index (χ0v) is 18.0. The molecule has 0 aliphatic rings. The molecule has 2 aromatic carbocycles. The van der Waals surface area contributed by atoms with Crippen LogP contribution in [0.1, 0.15) is 17.0 Å². The maximum Gasteiger partial charge on any atom is 0.262 e. The van der Waals surface area contributed by atoms with Crippen LogP contribution in [0, 0.1) is 0 Å². The summed E-state index contributed by atoms with van der Waals surface area (Å²) < 4.78 is 35.9. The first-order valence-electron chi connectivity index (χ1n) is 8.74. The number of anilines is 1. The molecule has 3 aromatic rings. The van der Waals surface area contributed by atoms with Crippen LogP contribution in [0.5, 0.6) is 0 Å². The fourth-order valence-electron chi connectivity index (χ4n) is 2.88. The van der Waals surface area contributed by atoms with E-state index in [-0.39, 0.29) is 12.2 Å². The van der Waals surface area contributed by atoms with E-state index in [0.717, 1.165) is 26.5 Å². The van der Waals surface area contributed by atoms with Crippen molar-refractivity contribution < 1.29 is 17.5 Å². The molecule has 0 N–H and O–H groups in total. The third-order valence-electron chi connectivity index (χ3n) is 4.30. The first-order chi connectivity index (χ1) is 13.2. The molecule has 5 nitrogen and oxygen atoms in total. The lowest BCUT2D eigenvalue weighted by Crippen LogP contribution is -2.36. The molecule has 1 heterocycles. The van der Waals surface area contributed by atoms with Crippen molar-refractivity contribution in [3.8, 4) is 0 Å². The first-order valence-corrected chi connectivity index (χ1v) is 11.5. The molecular weight excluding hydrogens is 416 g/mol. The summed E-state index contributed by atoms with van der Waals surface area (Å²) in [6.07, 6.45) is 4.29. The first kappa shape index (κ1) is 20.8. The van der Waals surface area contributed by atoms with Gasteiger partial charge in [0.05, 0.1) is 10.1 Å². The number of aryl methyl sites for hydroxylation is 1. The van der Waals surface area contributed by atoms with Gasteiger partial charge in [-0.1, -0.05) is 35.1 Å². The van der Waals surface area contributed by atoms with Crippen molar-refractivity contribution in [1.29, 1.82) is 0 Å². The van der Waals surface area contributed by atoms with Crippen LogP contribution in [-0.4, -0.2) is 32.8 Å². The number of thiazole rings is 1. The Morgan fingerprint density at radius 1 is 1.14 bits per heavy atom. The highest BCUT2D eigenvalue weighted by molar-refractivity contribution is 7.85. The van der Waals surface area contributed by atoms with Crippen LogP contribution in [0.25, 0.3) is 22.4 Å². The number of halogens is 1. The van der Waals surface area contributed by atoms with Crippen molar-refractivity contribution in [2.24, 2.45) is 0 Å². The zero-order chi connectivity index (χ0) is 20.3. The molecule has 8 heteroatoms. The average molecular weight is 437 g/mol. The second-order valence-corrected chi connectivity index (χ2v) is 9.66. The molecule has 0 fully saturated rings. The van der Waals surface area contributed by atoms with Crippen LogP contribution in [0.4, 0.5) is 5.69 Å². The number of aromatic nitrogens is 1. The molecular formula is C20H21ClN2O3S2. The molecule has 0 saturated heterocycles. The van der Waals surface area contributed by atoms with Gasteiger partial charge in [-0.15, -0.1) is 0 Å². The third kappa shape index (κ3) is 5.32. The summed E-state index contributed by atoms with van der Waals surface area (Å²) >= 11 is 7.74. The second-order valence-electron chi connectivity index (χ2n) is 6.64. The number of rotatable bonds is 7. The number of benzene rings is 2. The van der Waals surface area contributed by atoms with Crippen LogP contribution in [0.2, 0.25) is 5.02 Å². The van der Waals surface area contributed by atoms with Gasteiger partial charge in [0, 0.05) is 49.1 Å². The van der Waals surface area contributed by atoms with Crippen molar-refractivity contribution in [2.75, 3.05) is 24.7 Å². The topological polar surface area (TPSA) is 64.3 Å². The summed E-state index contributed by atoms with van der Waals surface area (Å²) in [5, 5.41) is 1.59. The molecule has 0 radical (unpaired) electrons. The van der Waals surface area contributed by atoms with E-state index in [4.69, 9.17) is 11.6 Å².